The Morgan fingerprint density at radius 1 is 1.09 bits per heavy atom. The van der Waals surface area contributed by atoms with Gasteiger partial charge in [-0.05, 0) is 86.5 Å². The van der Waals surface area contributed by atoms with Crippen LogP contribution >= 0.6 is 0 Å². The monoisotopic (exact) mass is 479 g/mol. The number of hydrogen-bond acceptors (Lipinski definition) is 4. The molecule has 4 nitrogen and oxygen atoms in total. The summed E-state index contributed by atoms with van der Waals surface area (Å²) < 4.78 is 26.3. The average Bonchev–Trinajstić information content (AvgIpc) is 3.15. The molecule has 3 saturated carbocycles. The van der Waals surface area contributed by atoms with Gasteiger partial charge in [-0.3, -0.25) is 0 Å². The van der Waals surface area contributed by atoms with E-state index in [2.05, 4.69) is 37.5 Å². The number of aliphatic hydroxyl groups is 3. The molecule has 4 aliphatic rings. The standard InChI is InChI=1S/C28H43F2NO3/c1-18(17-31-13-11-28(34,12-14-31)26(29)30)22-8-9-23-21(5-4-10-27(22,23)3)7-6-20-15-24(32)19(2)25(33)16-20/h6-7,18,22-26,32-34H,2,4-5,8-17H2,1,3H3/t18?,22-,23+,24-,25-,27-/m1/s1. The highest BCUT2D eigenvalue weighted by atomic mass is 19.3. The lowest BCUT2D eigenvalue weighted by Crippen LogP contribution is -2.50. The van der Waals surface area contributed by atoms with Crippen molar-refractivity contribution in [3.05, 3.63) is 35.5 Å². The molecule has 3 N–H and O–H groups in total. The lowest BCUT2D eigenvalue weighted by Gasteiger charge is -2.46. The van der Waals surface area contributed by atoms with E-state index in [1.165, 1.54) is 31.3 Å². The van der Waals surface area contributed by atoms with Crippen LogP contribution in [-0.4, -0.2) is 64.1 Å². The van der Waals surface area contributed by atoms with Crippen LogP contribution in [0.25, 0.3) is 0 Å². The van der Waals surface area contributed by atoms with Crippen molar-refractivity contribution in [2.75, 3.05) is 19.6 Å². The van der Waals surface area contributed by atoms with E-state index in [-0.39, 0.29) is 18.3 Å². The summed E-state index contributed by atoms with van der Waals surface area (Å²) in [7, 11) is 0. The third-order valence-electron chi connectivity index (χ3n) is 9.70. The number of rotatable bonds is 5. The van der Waals surface area contributed by atoms with E-state index in [1.807, 2.05) is 0 Å². The van der Waals surface area contributed by atoms with Crippen molar-refractivity contribution < 1.29 is 24.1 Å². The number of halogens is 2. The molecule has 0 radical (unpaired) electrons. The van der Waals surface area contributed by atoms with Crippen LogP contribution in [0.4, 0.5) is 8.78 Å². The Kier molecular flexibility index (Phi) is 7.74. The topological polar surface area (TPSA) is 63.9 Å². The molecule has 0 spiro atoms. The van der Waals surface area contributed by atoms with Crippen LogP contribution in [0.2, 0.25) is 0 Å². The van der Waals surface area contributed by atoms with Crippen LogP contribution in [0.5, 0.6) is 0 Å². The average molecular weight is 480 g/mol. The van der Waals surface area contributed by atoms with Gasteiger partial charge in [-0.2, -0.15) is 0 Å². The molecule has 4 rings (SSSR count). The van der Waals surface area contributed by atoms with Crippen molar-refractivity contribution in [1.82, 2.24) is 4.90 Å². The molecule has 0 aromatic rings. The van der Waals surface area contributed by atoms with Crippen LogP contribution in [0.15, 0.2) is 35.5 Å². The summed E-state index contributed by atoms with van der Waals surface area (Å²) >= 11 is 0. The first kappa shape index (κ1) is 26.0. The van der Waals surface area contributed by atoms with E-state index in [1.54, 1.807) is 0 Å². The fourth-order valence-corrected chi connectivity index (χ4v) is 7.52. The Morgan fingerprint density at radius 3 is 2.35 bits per heavy atom. The van der Waals surface area contributed by atoms with Gasteiger partial charge in [-0.15, -0.1) is 0 Å². The molecule has 0 aromatic heterocycles. The fourth-order valence-electron chi connectivity index (χ4n) is 7.52. The Bertz CT molecular complexity index is 800. The van der Waals surface area contributed by atoms with Crippen molar-refractivity contribution >= 4 is 0 Å². The van der Waals surface area contributed by atoms with E-state index in [0.717, 1.165) is 18.5 Å². The van der Waals surface area contributed by atoms with Crippen LogP contribution < -0.4 is 0 Å². The summed E-state index contributed by atoms with van der Waals surface area (Å²) in [6, 6.07) is 0. The molecular weight excluding hydrogens is 436 g/mol. The summed E-state index contributed by atoms with van der Waals surface area (Å²) in [4.78, 5) is 2.27. The van der Waals surface area contributed by atoms with Crippen molar-refractivity contribution in [1.29, 1.82) is 0 Å². The Morgan fingerprint density at radius 2 is 1.74 bits per heavy atom. The number of likely N-dealkylation sites (tertiary alicyclic amines) is 1. The predicted octanol–water partition coefficient (Wildman–Crippen LogP) is 4.86. The highest BCUT2D eigenvalue weighted by molar-refractivity contribution is 5.29. The van der Waals surface area contributed by atoms with Gasteiger partial charge in [0.05, 0.1) is 12.2 Å². The van der Waals surface area contributed by atoms with E-state index in [9.17, 15) is 24.1 Å². The third-order valence-corrected chi connectivity index (χ3v) is 9.70. The molecule has 1 heterocycles. The Balaban J connectivity index is 1.40. The second-order valence-electron chi connectivity index (χ2n) is 11.9. The quantitative estimate of drug-likeness (QED) is 0.493. The zero-order valence-electron chi connectivity index (χ0n) is 20.9. The lowest BCUT2D eigenvalue weighted by atomic mass is 9.61. The zero-order chi connectivity index (χ0) is 24.7. The molecule has 34 heavy (non-hydrogen) atoms. The normalized spacial score (nSPS) is 38.9. The highest BCUT2D eigenvalue weighted by Crippen LogP contribution is 2.59. The van der Waals surface area contributed by atoms with Crippen molar-refractivity contribution in [3.63, 3.8) is 0 Å². The molecule has 1 unspecified atom stereocenters. The van der Waals surface area contributed by atoms with Crippen LogP contribution in [0, 0.1) is 23.2 Å². The van der Waals surface area contributed by atoms with Crippen molar-refractivity contribution in [3.8, 4) is 0 Å². The highest BCUT2D eigenvalue weighted by Gasteiger charge is 2.51. The number of aliphatic hydroxyl groups excluding tert-OH is 2. The van der Waals surface area contributed by atoms with Gasteiger partial charge in [0.1, 0.15) is 5.60 Å². The number of allylic oxidation sites excluding steroid dienone is 3. The summed E-state index contributed by atoms with van der Waals surface area (Å²) in [6.07, 6.45) is 7.74. The third kappa shape index (κ3) is 5.07. The second-order valence-corrected chi connectivity index (χ2v) is 11.9. The number of hydrogen-bond donors (Lipinski definition) is 3. The first-order chi connectivity index (χ1) is 16.0. The molecule has 6 heteroatoms. The second kappa shape index (κ2) is 10.1. The number of nitrogens with zero attached hydrogens (tertiary/aromatic N) is 1. The van der Waals surface area contributed by atoms with Gasteiger partial charge in [0.15, 0.2) is 0 Å². The largest absolute Gasteiger partial charge is 0.388 e. The number of fused-ring (bicyclic) bond motifs is 1. The predicted molar refractivity (Wildman–Crippen MR) is 131 cm³/mol. The smallest absolute Gasteiger partial charge is 0.266 e. The van der Waals surface area contributed by atoms with Crippen molar-refractivity contribution in [2.45, 2.75) is 95.9 Å². The molecule has 0 amide bonds. The van der Waals surface area contributed by atoms with E-state index in [4.69, 9.17) is 0 Å². The lowest BCUT2D eigenvalue weighted by molar-refractivity contribution is -0.128. The Hall–Kier alpha value is -1.08. The molecule has 4 fully saturated rings. The van der Waals surface area contributed by atoms with Gasteiger partial charge in [-0.25, -0.2) is 8.78 Å². The molecule has 1 aliphatic heterocycles. The number of piperidine rings is 1. The van der Waals surface area contributed by atoms with E-state index >= 15 is 0 Å². The van der Waals surface area contributed by atoms with Gasteiger partial charge in [-0.1, -0.05) is 43.7 Å². The van der Waals surface area contributed by atoms with Crippen molar-refractivity contribution in [2.24, 2.45) is 23.2 Å². The van der Waals surface area contributed by atoms with Crippen LogP contribution in [0.1, 0.15) is 71.6 Å². The molecule has 3 aliphatic carbocycles. The summed E-state index contributed by atoms with van der Waals surface area (Å²) in [5, 5.41) is 30.4. The van der Waals surface area contributed by atoms with Gasteiger partial charge in [0.25, 0.3) is 6.43 Å². The SMILES string of the molecule is C=C1[C@H](O)CC(=CC=C2CCC[C@]3(C)[C@@H](C(C)CN4CCC(O)(C(F)F)CC4)CC[C@@H]23)C[C@H]1O. The van der Waals surface area contributed by atoms with Gasteiger partial charge >= 0.3 is 0 Å². The van der Waals surface area contributed by atoms with Gasteiger partial charge in [0, 0.05) is 19.6 Å². The zero-order valence-corrected chi connectivity index (χ0v) is 20.9. The summed E-state index contributed by atoms with van der Waals surface area (Å²) in [6.45, 7) is 10.6. The summed E-state index contributed by atoms with van der Waals surface area (Å²) in [5.41, 5.74) is 1.56. The Labute approximate surface area is 203 Å². The number of alkyl halides is 2. The molecule has 192 valence electrons. The van der Waals surface area contributed by atoms with E-state index < -0.39 is 24.2 Å². The minimum Gasteiger partial charge on any atom is -0.388 e. The molecule has 1 saturated heterocycles. The molecule has 6 atom stereocenters. The van der Waals surface area contributed by atoms with Crippen LogP contribution in [-0.2, 0) is 0 Å². The first-order valence-electron chi connectivity index (χ1n) is 13.2. The fraction of sp³-hybridized carbons (Fsp3) is 0.786. The van der Waals surface area contributed by atoms with Gasteiger partial charge in [0.2, 0.25) is 0 Å². The molecule has 0 aromatic carbocycles. The maximum absolute atomic E-state index is 13.1. The minimum absolute atomic E-state index is 0.153. The first-order valence-corrected chi connectivity index (χ1v) is 13.2. The minimum atomic E-state index is -2.66. The maximum Gasteiger partial charge on any atom is 0.266 e. The van der Waals surface area contributed by atoms with Crippen LogP contribution in [0.3, 0.4) is 0 Å². The van der Waals surface area contributed by atoms with Gasteiger partial charge < -0.3 is 20.2 Å². The molecular formula is C28H43F2NO3. The summed E-state index contributed by atoms with van der Waals surface area (Å²) in [5.74, 6) is 1.65. The van der Waals surface area contributed by atoms with E-state index in [0.29, 0.717) is 49.3 Å². The maximum atomic E-state index is 13.1. The molecule has 0 bridgehead atoms.